The lowest BCUT2D eigenvalue weighted by Crippen LogP contribution is -2.50. The Morgan fingerprint density at radius 1 is 0.253 bits per heavy atom. The van der Waals surface area contributed by atoms with Gasteiger partial charge in [0.05, 0.1) is 97.4 Å². The minimum Gasteiger partial charge on any atom is -0.463 e. The molecule has 0 aliphatic carbocycles. The summed E-state index contributed by atoms with van der Waals surface area (Å²) in [4.78, 5) is 102. The normalized spacial score (nSPS) is 16.5. The fraction of sp³-hybridized carbons (Fsp3) is 0.868. The molecule has 75 heavy (non-hydrogen) atoms. The van der Waals surface area contributed by atoms with E-state index in [-0.39, 0.29) is 125 Å². The smallest absolute Gasteiger partial charge is 0.311 e. The van der Waals surface area contributed by atoms with Crippen LogP contribution in [0.3, 0.4) is 0 Å². The number of methoxy groups -OCH3 is 7. The quantitative estimate of drug-likeness (QED) is 0.0434. The van der Waals surface area contributed by atoms with Crippen molar-refractivity contribution in [1.29, 1.82) is 0 Å². The topological polar surface area (TPSA) is 258 Å². The molecule has 0 aromatic heterocycles. The van der Waals surface area contributed by atoms with Gasteiger partial charge in [-0.15, -0.1) is 0 Å². The van der Waals surface area contributed by atoms with Crippen molar-refractivity contribution >= 4 is 41.8 Å². The van der Waals surface area contributed by atoms with Crippen molar-refractivity contribution in [2.45, 2.75) is 107 Å². The molecule has 0 aliphatic heterocycles. The van der Waals surface area contributed by atoms with E-state index < -0.39 is 99.0 Å². The average molecular weight is 1080 g/mol. The first kappa shape index (κ1) is 71.0. The van der Waals surface area contributed by atoms with Crippen LogP contribution in [0.2, 0.25) is 0 Å². The van der Waals surface area contributed by atoms with Crippen molar-refractivity contribution in [1.82, 2.24) is 0 Å². The molecule has 0 rings (SSSR count). The van der Waals surface area contributed by atoms with Crippen LogP contribution in [0.25, 0.3) is 0 Å². The van der Waals surface area contributed by atoms with Crippen molar-refractivity contribution in [2.24, 2.45) is 37.9 Å². The molecule has 0 aliphatic rings. The van der Waals surface area contributed by atoms with Gasteiger partial charge < -0.3 is 71.1 Å². The number of ether oxygens (including phenoxy) is 15. The number of esters is 7. The van der Waals surface area contributed by atoms with Crippen LogP contribution in [-0.2, 0) is 105 Å². The van der Waals surface area contributed by atoms with Crippen molar-refractivity contribution in [3.05, 3.63) is 0 Å². The Balaban J connectivity index is 8.35. The van der Waals surface area contributed by atoms with Crippen LogP contribution in [0, 0.1) is 37.9 Å². The molecule has 438 valence electrons. The van der Waals surface area contributed by atoms with E-state index in [1.807, 2.05) is 0 Å². The van der Waals surface area contributed by atoms with E-state index in [4.69, 9.17) is 71.1 Å². The van der Waals surface area contributed by atoms with Crippen LogP contribution in [0.4, 0.5) is 0 Å². The van der Waals surface area contributed by atoms with Crippen molar-refractivity contribution in [3.8, 4) is 0 Å². The predicted octanol–water partition coefficient (Wildman–Crippen LogP) is 5.14. The molecule has 0 heterocycles. The molecule has 0 amide bonds. The van der Waals surface area contributed by atoms with E-state index >= 15 is 4.79 Å². The molecule has 0 aromatic rings. The summed E-state index contributed by atoms with van der Waals surface area (Å²) in [5.74, 6) is -5.45. The van der Waals surface area contributed by atoms with Gasteiger partial charge in [-0.2, -0.15) is 0 Å². The average Bonchev–Trinajstić information content (AvgIpc) is 3.34. The molecule has 0 saturated heterocycles. The Bertz CT molecular complexity index is 1720. The predicted molar refractivity (Wildman–Crippen MR) is 271 cm³/mol. The maximum Gasteiger partial charge on any atom is 0.311 e. The van der Waals surface area contributed by atoms with E-state index in [9.17, 15) is 28.8 Å². The van der Waals surface area contributed by atoms with E-state index in [1.54, 1.807) is 41.5 Å². The third-order valence-corrected chi connectivity index (χ3v) is 13.0. The van der Waals surface area contributed by atoms with Crippen LogP contribution >= 0.6 is 0 Å². The number of hydrogen-bond acceptors (Lipinski definition) is 22. The summed E-state index contributed by atoms with van der Waals surface area (Å²) in [5, 5.41) is 0. The maximum atomic E-state index is 15.0. The first-order valence-corrected chi connectivity index (χ1v) is 25.4. The highest BCUT2D eigenvalue weighted by Crippen LogP contribution is 2.55. The Kier molecular flexibility index (Phi) is 33.5. The molecule has 0 bridgehead atoms. The van der Waals surface area contributed by atoms with E-state index in [2.05, 4.69) is 0 Å². The minimum absolute atomic E-state index is 0.00774. The fourth-order valence-corrected chi connectivity index (χ4v) is 9.71. The molecule has 0 saturated carbocycles. The summed E-state index contributed by atoms with van der Waals surface area (Å²) >= 11 is 0. The lowest BCUT2D eigenvalue weighted by atomic mass is 9.57. The van der Waals surface area contributed by atoms with Gasteiger partial charge >= 0.3 is 41.8 Å². The molecule has 0 N–H and O–H groups in total. The lowest BCUT2D eigenvalue weighted by molar-refractivity contribution is -0.177. The Hall–Kier alpha value is -4.03. The summed E-state index contributed by atoms with van der Waals surface area (Å²) in [6.45, 7) is 13.9. The van der Waals surface area contributed by atoms with Gasteiger partial charge in [-0.25, -0.2) is 0 Å². The molecular formula is C53H94O22. The highest BCUT2D eigenvalue weighted by atomic mass is 16.6. The van der Waals surface area contributed by atoms with Gasteiger partial charge in [0, 0.05) is 49.8 Å². The third kappa shape index (κ3) is 24.5. The van der Waals surface area contributed by atoms with Gasteiger partial charge in [-0.3, -0.25) is 33.6 Å². The Morgan fingerprint density at radius 2 is 0.440 bits per heavy atom. The van der Waals surface area contributed by atoms with Crippen molar-refractivity contribution < 1.29 is 105 Å². The van der Waals surface area contributed by atoms with E-state index in [0.717, 1.165) is 0 Å². The second-order valence-electron chi connectivity index (χ2n) is 21.2. The number of carbonyl (C=O) groups is 7. The highest BCUT2D eigenvalue weighted by Gasteiger charge is 2.58. The number of hydrogen-bond donors (Lipinski definition) is 0. The summed E-state index contributed by atoms with van der Waals surface area (Å²) in [6.07, 6.45) is -1.93. The number of rotatable bonds is 44. The van der Waals surface area contributed by atoms with Crippen LogP contribution in [-0.4, -0.2) is 197 Å². The van der Waals surface area contributed by atoms with Crippen LogP contribution in [0.5, 0.6) is 0 Å². The fourth-order valence-electron chi connectivity index (χ4n) is 9.71. The summed E-state index contributed by atoms with van der Waals surface area (Å²) in [5.41, 5.74) is -11.7. The van der Waals surface area contributed by atoms with E-state index in [1.165, 1.54) is 70.5 Å². The molecule has 6 atom stereocenters. The summed E-state index contributed by atoms with van der Waals surface area (Å²) in [7, 11) is 10.1. The van der Waals surface area contributed by atoms with Crippen LogP contribution < -0.4 is 0 Å². The third-order valence-electron chi connectivity index (χ3n) is 13.0. The maximum absolute atomic E-state index is 15.0. The minimum atomic E-state index is -1.88. The van der Waals surface area contributed by atoms with Crippen molar-refractivity contribution in [2.75, 3.05) is 155 Å². The number of carbonyl (C=O) groups excluding carboxylic acids is 7. The zero-order valence-electron chi connectivity index (χ0n) is 48.2. The van der Waals surface area contributed by atoms with Crippen molar-refractivity contribution in [3.63, 3.8) is 0 Å². The molecule has 0 aromatic carbocycles. The van der Waals surface area contributed by atoms with Crippen LogP contribution in [0.1, 0.15) is 107 Å². The second-order valence-corrected chi connectivity index (χ2v) is 21.2. The largest absolute Gasteiger partial charge is 0.463 e. The SMILES string of the molecule is CCC(C)(CC(C)(CC(C)(CC(C)(CC(C)(CC(C)(CC(C)(C)C(=O)OCCOCCOC)C(=O)OCCOC)C(=O)OCCOC)C(=O)OCCOC)C(=O)OCCOC)C(=O)OCCOC)C(=O)OCCOC. The van der Waals surface area contributed by atoms with Gasteiger partial charge in [-0.05, 0) is 100 Å². The lowest BCUT2D eigenvalue weighted by Gasteiger charge is -2.46. The Labute approximate surface area is 446 Å². The van der Waals surface area contributed by atoms with Crippen LogP contribution in [0.15, 0.2) is 0 Å². The first-order valence-electron chi connectivity index (χ1n) is 25.4. The molecule has 22 heteroatoms. The Morgan fingerprint density at radius 3 is 0.693 bits per heavy atom. The highest BCUT2D eigenvalue weighted by molar-refractivity contribution is 5.86. The van der Waals surface area contributed by atoms with Gasteiger partial charge in [-0.1, -0.05) is 6.92 Å². The van der Waals surface area contributed by atoms with Gasteiger partial charge in [0.1, 0.15) is 46.2 Å². The summed E-state index contributed by atoms with van der Waals surface area (Å²) in [6, 6.07) is 0. The zero-order valence-corrected chi connectivity index (χ0v) is 48.2. The van der Waals surface area contributed by atoms with Gasteiger partial charge in [0.15, 0.2) is 0 Å². The molecular weight excluding hydrogens is 989 g/mol. The van der Waals surface area contributed by atoms with E-state index in [0.29, 0.717) is 6.61 Å². The van der Waals surface area contributed by atoms with Gasteiger partial charge in [0.2, 0.25) is 0 Å². The first-order chi connectivity index (χ1) is 35.2. The zero-order chi connectivity index (χ0) is 57.4. The molecule has 0 radical (unpaired) electrons. The molecule has 6 unspecified atom stereocenters. The molecule has 0 fully saturated rings. The standard InChI is InChI=1S/C53H94O22/c1-17-48(4,41(55)70-27-19-62-11)35-50(6,43(57)72-29-21-64-13)37-52(8,45(59)74-31-23-66-15)39-53(9,46(60)75-32-24-67-16)38-51(7,44(58)73-30-22-65-14)36-49(5,42(56)71-28-20-63-12)34-47(2,3)40(54)69-33-26-68-25-18-61-10/h17-39H2,1-16H3. The monoisotopic (exact) mass is 1080 g/mol. The summed E-state index contributed by atoms with van der Waals surface area (Å²) < 4.78 is 81.8. The molecule has 22 nitrogen and oxygen atoms in total. The molecule has 0 spiro atoms. The second kappa shape index (κ2) is 35.4. The van der Waals surface area contributed by atoms with Gasteiger partial charge in [0.25, 0.3) is 0 Å².